The number of aryl methyl sites for hydroxylation is 1. The zero-order valence-electron chi connectivity index (χ0n) is 14.6. The molecule has 0 aliphatic rings. The molecule has 2 N–H and O–H groups in total. The summed E-state index contributed by atoms with van der Waals surface area (Å²) in [6, 6.07) is 12.2. The molecule has 0 aliphatic heterocycles. The molecule has 0 spiro atoms. The van der Waals surface area contributed by atoms with Gasteiger partial charge in [0, 0.05) is 24.6 Å². The Labute approximate surface area is 147 Å². The minimum atomic E-state index is 0.583. The van der Waals surface area contributed by atoms with E-state index in [1.165, 1.54) is 16.0 Å². The molecular formula is C18H24N4OS. The average Bonchev–Trinajstić information content (AvgIpc) is 2.62. The van der Waals surface area contributed by atoms with Gasteiger partial charge in [-0.15, -0.1) is 11.8 Å². The average molecular weight is 344 g/mol. The topological polar surface area (TPSA) is 58.5 Å². The number of hydrogen-bond acceptors (Lipinski definition) is 4. The van der Waals surface area contributed by atoms with Crippen molar-refractivity contribution in [3.8, 4) is 5.88 Å². The van der Waals surface area contributed by atoms with E-state index < -0.39 is 0 Å². The molecule has 128 valence electrons. The van der Waals surface area contributed by atoms with Crippen LogP contribution >= 0.6 is 11.8 Å². The number of pyridine rings is 1. The molecule has 24 heavy (non-hydrogen) atoms. The van der Waals surface area contributed by atoms with Gasteiger partial charge in [-0.05, 0) is 36.4 Å². The highest BCUT2D eigenvalue weighted by Gasteiger charge is 2.04. The first kappa shape index (κ1) is 18.1. The molecular weight excluding hydrogens is 320 g/mol. The van der Waals surface area contributed by atoms with Gasteiger partial charge in [-0.25, -0.2) is 4.98 Å². The molecule has 2 aromatic rings. The summed E-state index contributed by atoms with van der Waals surface area (Å²) >= 11 is 1.76. The third kappa shape index (κ3) is 5.16. The number of hydrogen-bond donors (Lipinski definition) is 2. The van der Waals surface area contributed by atoms with E-state index in [1.807, 2.05) is 18.2 Å². The SMILES string of the molecule is CN=C(NCc1cccc(OC)n1)NCc1ccc(C)cc1SC. The van der Waals surface area contributed by atoms with Crippen molar-refractivity contribution in [3.63, 3.8) is 0 Å². The monoisotopic (exact) mass is 344 g/mol. The molecule has 0 unspecified atom stereocenters. The van der Waals surface area contributed by atoms with Crippen LogP contribution < -0.4 is 15.4 Å². The second-order valence-corrected chi connectivity index (χ2v) is 6.11. The van der Waals surface area contributed by atoms with Crippen molar-refractivity contribution >= 4 is 17.7 Å². The van der Waals surface area contributed by atoms with Crippen LogP contribution in [0.25, 0.3) is 0 Å². The molecule has 6 heteroatoms. The molecule has 0 saturated carbocycles. The molecule has 0 bridgehead atoms. The number of nitrogens with one attached hydrogen (secondary N) is 2. The summed E-state index contributed by atoms with van der Waals surface area (Å²) in [6.07, 6.45) is 2.10. The number of guanidine groups is 1. The van der Waals surface area contributed by atoms with E-state index in [4.69, 9.17) is 4.74 Å². The highest BCUT2D eigenvalue weighted by Crippen LogP contribution is 2.21. The first-order valence-corrected chi connectivity index (χ1v) is 8.96. The number of benzene rings is 1. The fourth-order valence-corrected chi connectivity index (χ4v) is 2.95. The molecule has 0 radical (unpaired) electrons. The number of rotatable bonds is 6. The molecule has 1 aromatic heterocycles. The Morgan fingerprint density at radius 1 is 1.21 bits per heavy atom. The van der Waals surface area contributed by atoms with Gasteiger partial charge in [0.2, 0.25) is 5.88 Å². The molecule has 0 fully saturated rings. The minimum absolute atomic E-state index is 0.583. The van der Waals surface area contributed by atoms with E-state index >= 15 is 0 Å². The zero-order valence-corrected chi connectivity index (χ0v) is 15.4. The van der Waals surface area contributed by atoms with E-state index in [9.17, 15) is 0 Å². The standard InChI is InChI=1S/C18H24N4OS/c1-13-8-9-14(16(10-13)24-4)11-20-18(19-2)21-12-15-6-5-7-17(22-15)23-3/h5-10H,11-12H2,1-4H3,(H2,19,20,21). The van der Waals surface area contributed by atoms with Gasteiger partial charge in [0.05, 0.1) is 19.3 Å². The van der Waals surface area contributed by atoms with Gasteiger partial charge in [0.25, 0.3) is 0 Å². The lowest BCUT2D eigenvalue weighted by Crippen LogP contribution is -2.36. The van der Waals surface area contributed by atoms with Crippen LogP contribution in [-0.2, 0) is 13.1 Å². The lowest BCUT2D eigenvalue weighted by atomic mass is 10.1. The van der Waals surface area contributed by atoms with E-state index in [0.717, 1.165) is 18.2 Å². The smallest absolute Gasteiger partial charge is 0.213 e. The molecule has 1 aromatic carbocycles. The molecule has 1 heterocycles. The van der Waals surface area contributed by atoms with E-state index in [2.05, 4.69) is 52.0 Å². The largest absolute Gasteiger partial charge is 0.481 e. The van der Waals surface area contributed by atoms with Crippen molar-refractivity contribution in [1.82, 2.24) is 15.6 Å². The second-order valence-electron chi connectivity index (χ2n) is 5.27. The molecule has 5 nitrogen and oxygen atoms in total. The van der Waals surface area contributed by atoms with Crippen LogP contribution in [0.3, 0.4) is 0 Å². The van der Waals surface area contributed by atoms with Crippen LogP contribution in [0.5, 0.6) is 5.88 Å². The Morgan fingerprint density at radius 3 is 2.71 bits per heavy atom. The van der Waals surface area contributed by atoms with Crippen LogP contribution in [0.4, 0.5) is 0 Å². The highest BCUT2D eigenvalue weighted by atomic mass is 32.2. The maximum absolute atomic E-state index is 5.14. The van der Waals surface area contributed by atoms with Crippen molar-refractivity contribution in [2.45, 2.75) is 24.9 Å². The fraction of sp³-hybridized carbons (Fsp3) is 0.333. The van der Waals surface area contributed by atoms with E-state index in [-0.39, 0.29) is 0 Å². The van der Waals surface area contributed by atoms with Gasteiger partial charge < -0.3 is 15.4 Å². The van der Waals surface area contributed by atoms with Crippen molar-refractivity contribution in [1.29, 1.82) is 0 Å². The van der Waals surface area contributed by atoms with Gasteiger partial charge in [0.15, 0.2) is 5.96 Å². The number of aliphatic imine (C=N–C) groups is 1. The zero-order chi connectivity index (χ0) is 17.4. The van der Waals surface area contributed by atoms with Crippen LogP contribution in [0.15, 0.2) is 46.3 Å². The quantitative estimate of drug-likeness (QED) is 0.479. The van der Waals surface area contributed by atoms with E-state index in [1.54, 1.807) is 25.9 Å². The lowest BCUT2D eigenvalue weighted by Gasteiger charge is -2.14. The Hall–Kier alpha value is -2.21. The van der Waals surface area contributed by atoms with Gasteiger partial charge >= 0.3 is 0 Å². The summed E-state index contributed by atoms with van der Waals surface area (Å²) in [7, 11) is 3.38. The third-order valence-corrected chi connectivity index (χ3v) is 4.36. The Balaban J connectivity index is 1.93. The predicted octanol–water partition coefficient (Wildman–Crippen LogP) is 2.99. The maximum Gasteiger partial charge on any atom is 0.213 e. The maximum atomic E-state index is 5.14. The lowest BCUT2D eigenvalue weighted by molar-refractivity contribution is 0.396. The molecule has 0 atom stereocenters. The van der Waals surface area contributed by atoms with Crippen molar-refractivity contribution in [2.24, 2.45) is 4.99 Å². The number of aromatic nitrogens is 1. The van der Waals surface area contributed by atoms with Crippen molar-refractivity contribution in [2.75, 3.05) is 20.4 Å². The fourth-order valence-electron chi connectivity index (χ4n) is 2.24. The number of methoxy groups -OCH3 is 1. The summed E-state index contributed by atoms with van der Waals surface area (Å²) in [5, 5.41) is 6.62. The Morgan fingerprint density at radius 2 is 2.00 bits per heavy atom. The van der Waals surface area contributed by atoms with Gasteiger partial charge in [0.1, 0.15) is 0 Å². The second kappa shape index (κ2) is 9.17. The Bertz CT molecular complexity index is 703. The summed E-state index contributed by atoms with van der Waals surface area (Å²) in [6.45, 7) is 3.42. The summed E-state index contributed by atoms with van der Waals surface area (Å²) in [5.74, 6) is 1.36. The molecule has 0 amide bonds. The van der Waals surface area contributed by atoms with E-state index in [0.29, 0.717) is 12.4 Å². The predicted molar refractivity (Wildman–Crippen MR) is 101 cm³/mol. The highest BCUT2D eigenvalue weighted by molar-refractivity contribution is 7.98. The summed E-state index contributed by atoms with van der Waals surface area (Å²) < 4.78 is 5.14. The van der Waals surface area contributed by atoms with Crippen molar-refractivity contribution < 1.29 is 4.74 Å². The molecule has 2 rings (SSSR count). The number of ether oxygens (including phenoxy) is 1. The molecule has 0 aliphatic carbocycles. The van der Waals surface area contributed by atoms with Gasteiger partial charge in [-0.3, -0.25) is 4.99 Å². The van der Waals surface area contributed by atoms with Crippen LogP contribution in [0.2, 0.25) is 0 Å². The first-order valence-electron chi connectivity index (χ1n) is 7.74. The van der Waals surface area contributed by atoms with Crippen LogP contribution in [0, 0.1) is 6.92 Å². The number of nitrogens with zero attached hydrogens (tertiary/aromatic N) is 2. The summed E-state index contributed by atoms with van der Waals surface area (Å²) in [4.78, 5) is 9.93. The Kier molecular flexibility index (Phi) is 6.93. The van der Waals surface area contributed by atoms with Gasteiger partial charge in [-0.2, -0.15) is 0 Å². The first-order chi connectivity index (χ1) is 11.7. The van der Waals surface area contributed by atoms with Crippen LogP contribution in [-0.4, -0.2) is 31.4 Å². The van der Waals surface area contributed by atoms with Crippen molar-refractivity contribution in [3.05, 3.63) is 53.2 Å². The molecule has 0 saturated heterocycles. The summed E-state index contributed by atoms with van der Waals surface area (Å²) in [5.41, 5.74) is 3.43. The van der Waals surface area contributed by atoms with Crippen LogP contribution in [0.1, 0.15) is 16.8 Å². The minimum Gasteiger partial charge on any atom is -0.481 e. The number of thioether (sulfide) groups is 1. The third-order valence-electron chi connectivity index (χ3n) is 3.54. The van der Waals surface area contributed by atoms with Gasteiger partial charge in [-0.1, -0.05) is 18.2 Å². The normalized spacial score (nSPS) is 11.2.